The minimum absolute atomic E-state index is 0.0147. The molecule has 1 aromatic heterocycles. The summed E-state index contributed by atoms with van der Waals surface area (Å²) < 4.78 is 0. The molecule has 0 spiro atoms. The highest BCUT2D eigenvalue weighted by atomic mass is 16.4. The number of anilines is 1. The fraction of sp³-hybridized carbons (Fsp3) is 0.0909. The number of hydrogen-bond donors (Lipinski definition) is 2. The van der Waals surface area contributed by atoms with Crippen LogP contribution in [0.15, 0.2) is 35.5 Å². The van der Waals surface area contributed by atoms with E-state index in [1.165, 1.54) is 12.4 Å². The van der Waals surface area contributed by atoms with Crippen molar-refractivity contribution in [2.24, 2.45) is 4.99 Å². The molecule has 88 valence electrons. The molecule has 0 fully saturated rings. The number of aromatic carboxylic acids is 1. The number of carbonyl (C=O) groups is 1. The number of carboxylic acids is 1. The molecule has 0 aliphatic rings. The lowest BCUT2D eigenvalue weighted by molar-refractivity contribution is 0.0691. The summed E-state index contributed by atoms with van der Waals surface area (Å²) in [7, 11) is 0. The van der Waals surface area contributed by atoms with Gasteiger partial charge in [0.15, 0.2) is 5.69 Å². The molecule has 6 heteroatoms. The molecule has 0 aliphatic heterocycles. The van der Waals surface area contributed by atoms with Crippen LogP contribution in [0.4, 0.5) is 11.6 Å². The largest absolute Gasteiger partial charge is 0.476 e. The molecule has 1 heterocycles. The first-order valence-electron chi connectivity index (χ1n) is 4.83. The van der Waals surface area contributed by atoms with E-state index in [0.29, 0.717) is 0 Å². The Morgan fingerprint density at radius 2 is 2.24 bits per heavy atom. The number of carboxylic acid groups (broad SMARTS) is 1. The van der Waals surface area contributed by atoms with Crippen molar-refractivity contribution in [3.05, 3.63) is 36.2 Å². The molecule has 0 unspecified atom stereocenters. The van der Waals surface area contributed by atoms with Crippen LogP contribution in [0.2, 0.25) is 0 Å². The zero-order valence-electron chi connectivity index (χ0n) is 9.24. The minimum atomic E-state index is -1.20. The van der Waals surface area contributed by atoms with Gasteiger partial charge < -0.3 is 10.8 Å². The van der Waals surface area contributed by atoms with E-state index in [9.17, 15) is 4.79 Å². The van der Waals surface area contributed by atoms with Crippen molar-refractivity contribution < 1.29 is 9.90 Å². The molecule has 0 aromatic carbocycles. The predicted octanol–water partition coefficient (Wildman–Crippen LogP) is 1.59. The van der Waals surface area contributed by atoms with Crippen LogP contribution in [-0.2, 0) is 0 Å². The molecule has 0 atom stereocenters. The zero-order chi connectivity index (χ0) is 12.7. The zero-order valence-corrected chi connectivity index (χ0v) is 9.24. The molecule has 6 nitrogen and oxygen atoms in total. The van der Waals surface area contributed by atoms with Gasteiger partial charge in [-0.25, -0.2) is 19.8 Å². The van der Waals surface area contributed by atoms with E-state index in [-0.39, 0.29) is 17.3 Å². The standard InChI is InChI=1S/C11H12N4O2/c1-2-3-4-5-6-13-11-14-7-8(12)9(15-11)10(16)17/h2-7H,12H2,1H3,(H,16,17)/b3-2-,5-4-,13-6?. The second-order valence-electron chi connectivity index (χ2n) is 2.97. The molecule has 1 aromatic rings. The van der Waals surface area contributed by atoms with E-state index in [2.05, 4.69) is 15.0 Å². The first-order chi connectivity index (χ1) is 8.15. The highest BCUT2D eigenvalue weighted by molar-refractivity contribution is 5.91. The topological polar surface area (TPSA) is 101 Å². The van der Waals surface area contributed by atoms with Gasteiger partial charge in [-0.05, 0) is 13.0 Å². The second kappa shape index (κ2) is 6.16. The lowest BCUT2D eigenvalue weighted by Gasteiger charge is -1.98. The molecule has 0 bridgehead atoms. The Bertz CT molecular complexity index is 492. The summed E-state index contributed by atoms with van der Waals surface area (Å²) in [5.74, 6) is -1.15. The minimum Gasteiger partial charge on any atom is -0.476 e. The number of aromatic nitrogens is 2. The number of nitrogens with two attached hydrogens (primary N) is 1. The fourth-order valence-corrected chi connectivity index (χ4v) is 0.950. The fourth-order valence-electron chi connectivity index (χ4n) is 0.950. The van der Waals surface area contributed by atoms with Gasteiger partial charge in [0.25, 0.3) is 0 Å². The monoisotopic (exact) mass is 232 g/mol. The lowest BCUT2D eigenvalue weighted by Crippen LogP contribution is -2.06. The third-order valence-electron chi connectivity index (χ3n) is 1.70. The van der Waals surface area contributed by atoms with Crippen molar-refractivity contribution in [2.75, 3.05) is 5.73 Å². The lowest BCUT2D eigenvalue weighted by atomic mass is 10.3. The number of nitrogen functional groups attached to an aromatic ring is 1. The van der Waals surface area contributed by atoms with E-state index in [1.807, 2.05) is 19.1 Å². The third kappa shape index (κ3) is 3.86. The number of hydrogen-bond acceptors (Lipinski definition) is 5. The maximum absolute atomic E-state index is 10.7. The molecular formula is C11H12N4O2. The van der Waals surface area contributed by atoms with Gasteiger partial charge in [-0.15, -0.1) is 0 Å². The van der Waals surface area contributed by atoms with Gasteiger partial charge >= 0.3 is 5.97 Å². The molecule has 17 heavy (non-hydrogen) atoms. The van der Waals surface area contributed by atoms with Crippen LogP contribution in [0, 0.1) is 0 Å². The highest BCUT2D eigenvalue weighted by Crippen LogP contribution is 2.11. The summed E-state index contributed by atoms with van der Waals surface area (Å²) in [4.78, 5) is 22.1. The Labute approximate surface area is 98.2 Å². The summed E-state index contributed by atoms with van der Waals surface area (Å²) in [6.07, 6.45) is 9.85. The predicted molar refractivity (Wildman–Crippen MR) is 65.5 cm³/mol. The van der Waals surface area contributed by atoms with Gasteiger partial charge in [-0.1, -0.05) is 18.2 Å². The highest BCUT2D eigenvalue weighted by Gasteiger charge is 2.10. The molecule has 0 amide bonds. The Morgan fingerprint density at radius 1 is 1.47 bits per heavy atom. The average molecular weight is 232 g/mol. The van der Waals surface area contributed by atoms with Crippen LogP contribution < -0.4 is 5.73 Å². The van der Waals surface area contributed by atoms with Crippen LogP contribution in [0.25, 0.3) is 0 Å². The maximum atomic E-state index is 10.7. The van der Waals surface area contributed by atoms with E-state index >= 15 is 0 Å². The van der Waals surface area contributed by atoms with E-state index < -0.39 is 5.97 Å². The Morgan fingerprint density at radius 3 is 2.88 bits per heavy atom. The molecule has 0 aliphatic carbocycles. The maximum Gasteiger partial charge on any atom is 0.356 e. The van der Waals surface area contributed by atoms with Crippen LogP contribution in [-0.4, -0.2) is 27.3 Å². The van der Waals surface area contributed by atoms with E-state index in [1.54, 1.807) is 12.2 Å². The number of allylic oxidation sites excluding steroid dienone is 4. The van der Waals surface area contributed by atoms with Crippen LogP contribution in [0.5, 0.6) is 0 Å². The van der Waals surface area contributed by atoms with Crippen molar-refractivity contribution in [3.63, 3.8) is 0 Å². The van der Waals surface area contributed by atoms with Gasteiger partial charge in [0.05, 0.1) is 11.9 Å². The molecular weight excluding hydrogens is 220 g/mol. The number of aliphatic imine (C=N–C) groups is 1. The average Bonchev–Trinajstić information content (AvgIpc) is 2.30. The van der Waals surface area contributed by atoms with Crippen molar-refractivity contribution in [1.29, 1.82) is 0 Å². The van der Waals surface area contributed by atoms with Crippen molar-refractivity contribution in [3.8, 4) is 0 Å². The van der Waals surface area contributed by atoms with E-state index in [4.69, 9.17) is 10.8 Å². The van der Waals surface area contributed by atoms with Gasteiger partial charge in [-0.3, -0.25) is 0 Å². The second-order valence-corrected chi connectivity index (χ2v) is 2.97. The summed E-state index contributed by atoms with van der Waals surface area (Å²) in [6, 6.07) is 0. The number of nitrogens with zero attached hydrogens (tertiary/aromatic N) is 3. The van der Waals surface area contributed by atoms with Gasteiger partial charge in [-0.2, -0.15) is 0 Å². The Balaban J connectivity index is 2.86. The van der Waals surface area contributed by atoms with Gasteiger partial charge in [0, 0.05) is 6.21 Å². The van der Waals surface area contributed by atoms with E-state index in [0.717, 1.165) is 0 Å². The third-order valence-corrected chi connectivity index (χ3v) is 1.70. The normalized spacial score (nSPS) is 11.8. The van der Waals surface area contributed by atoms with Crippen LogP contribution in [0.3, 0.4) is 0 Å². The summed E-state index contributed by atoms with van der Waals surface area (Å²) in [6.45, 7) is 1.89. The summed E-state index contributed by atoms with van der Waals surface area (Å²) in [5, 5.41) is 8.79. The van der Waals surface area contributed by atoms with Crippen LogP contribution >= 0.6 is 0 Å². The smallest absolute Gasteiger partial charge is 0.356 e. The van der Waals surface area contributed by atoms with Crippen molar-refractivity contribution in [2.45, 2.75) is 6.92 Å². The van der Waals surface area contributed by atoms with Gasteiger partial charge in [0.2, 0.25) is 5.95 Å². The molecule has 0 saturated carbocycles. The SMILES string of the molecule is C/C=C\C=C/C=Nc1ncc(N)c(C(=O)O)n1. The van der Waals surface area contributed by atoms with Crippen molar-refractivity contribution in [1.82, 2.24) is 9.97 Å². The molecule has 0 saturated heterocycles. The molecule has 3 N–H and O–H groups in total. The van der Waals surface area contributed by atoms with Gasteiger partial charge in [0.1, 0.15) is 0 Å². The quantitative estimate of drug-likeness (QED) is 0.606. The first kappa shape index (κ1) is 12.6. The summed E-state index contributed by atoms with van der Waals surface area (Å²) in [5.41, 5.74) is 5.17. The molecule has 0 radical (unpaired) electrons. The van der Waals surface area contributed by atoms with Crippen LogP contribution in [0.1, 0.15) is 17.4 Å². The Kier molecular flexibility index (Phi) is 4.56. The summed E-state index contributed by atoms with van der Waals surface area (Å²) >= 11 is 0. The van der Waals surface area contributed by atoms with Crippen molar-refractivity contribution >= 4 is 23.8 Å². The molecule has 1 rings (SSSR count). The Hall–Kier alpha value is -2.50. The number of rotatable bonds is 4. The first-order valence-corrected chi connectivity index (χ1v) is 4.83.